The van der Waals surface area contributed by atoms with Crippen LogP contribution in [0.5, 0.6) is 0 Å². The van der Waals surface area contributed by atoms with Crippen LogP contribution in [0.15, 0.2) is 0 Å². The van der Waals surface area contributed by atoms with Crippen LogP contribution in [-0.4, -0.2) is 18.8 Å². The van der Waals surface area contributed by atoms with Gasteiger partial charge in [-0.3, -0.25) is 5.32 Å². The Hall–Kier alpha value is -0.0800. The van der Waals surface area contributed by atoms with Crippen molar-refractivity contribution in [3.05, 3.63) is 0 Å². The third kappa shape index (κ3) is 2.17. The van der Waals surface area contributed by atoms with Gasteiger partial charge in [-0.05, 0) is 32.2 Å². The lowest BCUT2D eigenvalue weighted by Gasteiger charge is -2.33. The second kappa shape index (κ2) is 3.55. The quantitative estimate of drug-likeness (QED) is 0.598. The first-order valence-corrected chi connectivity index (χ1v) is 4.61. The van der Waals surface area contributed by atoms with E-state index >= 15 is 0 Å². The van der Waals surface area contributed by atoms with Crippen LogP contribution in [0.2, 0.25) is 0 Å². The van der Waals surface area contributed by atoms with Gasteiger partial charge in [-0.15, -0.1) is 0 Å². The van der Waals surface area contributed by atoms with Gasteiger partial charge in [-0.1, -0.05) is 13.8 Å². The topological polar surface area (TPSA) is 24.1 Å². The Morgan fingerprint density at radius 2 is 2.09 bits per heavy atom. The molecule has 2 N–H and O–H groups in total. The molecule has 0 spiro atoms. The average molecular weight is 156 g/mol. The standard InChI is InChI=1S/C9H20N2/c1-8(2)9(3)5-4-6-10-7-11-9/h8,10-11H,4-7H2,1-3H3. The van der Waals surface area contributed by atoms with E-state index in [1.54, 1.807) is 0 Å². The summed E-state index contributed by atoms with van der Waals surface area (Å²) in [5, 5.41) is 6.89. The zero-order valence-corrected chi connectivity index (χ0v) is 7.91. The van der Waals surface area contributed by atoms with Gasteiger partial charge in [0.1, 0.15) is 0 Å². The molecule has 2 nitrogen and oxygen atoms in total. The van der Waals surface area contributed by atoms with Crippen LogP contribution in [0.4, 0.5) is 0 Å². The van der Waals surface area contributed by atoms with E-state index in [4.69, 9.17) is 0 Å². The Morgan fingerprint density at radius 1 is 1.36 bits per heavy atom. The molecular formula is C9H20N2. The predicted octanol–water partition coefficient (Wildman–Crippen LogP) is 1.33. The van der Waals surface area contributed by atoms with Crippen molar-refractivity contribution in [2.45, 2.75) is 39.2 Å². The van der Waals surface area contributed by atoms with Crippen LogP contribution in [0.25, 0.3) is 0 Å². The Morgan fingerprint density at radius 3 is 2.73 bits per heavy atom. The van der Waals surface area contributed by atoms with Crippen molar-refractivity contribution >= 4 is 0 Å². The minimum atomic E-state index is 0.351. The van der Waals surface area contributed by atoms with Crippen molar-refractivity contribution in [3.63, 3.8) is 0 Å². The lowest BCUT2D eigenvalue weighted by molar-refractivity contribution is 0.253. The summed E-state index contributed by atoms with van der Waals surface area (Å²) in [4.78, 5) is 0. The molecule has 11 heavy (non-hydrogen) atoms. The predicted molar refractivity (Wildman–Crippen MR) is 48.5 cm³/mol. The van der Waals surface area contributed by atoms with Crippen molar-refractivity contribution in [2.75, 3.05) is 13.2 Å². The van der Waals surface area contributed by atoms with Crippen LogP contribution in [0.3, 0.4) is 0 Å². The number of hydrogen-bond donors (Lipinski definition) is 2. The minimum Gasteiger partial charge on any atom is -0.304 e. The highest BCUT2D eigenvalue weighted by atomic mass is 15.1. The van der Waals surface area contributed by atoms with Gasteiger partial charge < -0.3 is 5.32 Å². The highest BCUT2D eigenvalue weighted by Crippen LogP contribution is 2.22. The minimum absolute atomic E-state index is 0.351. The summed E-state index contributed by atoms with van der Waals surface area (Å²) in [5.41, 5.74) is 0.351. The zero-order valence-electron chi connectivity index (χ0n) is 7.91. The fourth-order valence-corrected chi connectivity index (χ4v) is 1.51. The van der Waals surface area contributed by atoms with Crippen molar-refractivity contribution in [3.8, 4) is 0 Å². The van der Waals surface area contributed by atoms with E-state index in [9.17, 15) is 0 Å². The number of nitrogens with one attached hydrogen (secondary N) is 2. The molecule has 0 aromatic heterocycles. The van der Waals surface area contributed by atoms with E-state index in [2.05, 4.69) is 31.4 Å². The van der Waals surface area contributed by atoms with Gasteiger partial charge >= 0.3 is 0 Å². The third-order valence-corrected chi connectivity index (χ3v) is 2.94. The average Bonchev–Trinajstić information content (AvgIpc) is 2.15. The van der Waals surface area contributed by atoms with E-state index in [0.29, 0.717) is 5.54 Å². The molecule has 0 radical (unpaired) electrons. The van der Waals surface area contributed by atoms with Crippen LogP contribution >= 0.6 is 0 Å². The molecule has 0 amide bonds. The van der Waals surface area contributed by atoms with Crippen molar-refractivity contribution in [1.82, 2.24) is 10.6 Å². The Balaban J connectivity index is 2.52. The maximum Gasteiger partial charge on any atom is 0.0458 e. The molecule has 1 heterocycles. The number of rotatable bonds is 1. The van der Waals surface area contributed by atoms with E-state index < -0.39 is 0 Å². The first-order chi connectivity index (χ1) is 5.15. The molecule has 1 aliphatic rings. The monoisotopic (exact) mass is 156 g/mol. The third-order valence-electron chi connectivity index (χ3n) is 2.94. The molecule has 1 unspecified atom stereocenters. The van der Waals surface area contributed by atoms with Crippen molar-refractivity contribution < 1.29 is 0 Å². The van der Waals surface area contributed by atoms with Gasteiger partial charge in [0.05, 0.1) is 0 Å². The number of hydrogen-bond acceptors (Lipinski definition) is 2. The summed E-state index contributed by atoms with van der Waals surface area (Å²) < 4.78 is 0. The van der Waals surface area contributed by atoms with Crippen LogP contribution in [-0.2, 0) is 0 Å². The summed E-state index contributed by atoms with van der Waals surface area (Å²) in [7, 11) is 0. The molecule has 0 aromatic carbocycles. The van der Waals surface area contributed by atoms with Crippen LogP contribution < -0.4 is 10.6 Å². The first kappa shape index (κ1) is 9.01. The highest BCUT2D eigenvalue weighted by molar-refractivity contribution is 4.87. The van der Waals surface area contributed by atoms with Gasteiger partial charge in [0, 0.05) is 12.2 Å². The molecule has 0 aliphatic carbocycles. The second-order valence-corrected chi connectivity index (χ2v) is 4.03. The molecule has 1 rings (SSSR count). The molecular weight excluding hydrogens is 136 g/mol. The van der Waals surface area contributed by atoms with Crippen LogP contribution in [0.1, 0.15) is 33.6 Å². The summed E-state index contributed by atoms with van der Waals surface area (Å²) >= 11 is 0. The van der Waals surface area contributed by atoms with E-state index in [0.717, 1.165) is 19.1 Å². The van der Waals surface area contributed by atoms with Crippen LogP contribution in [0, 0.1) is 5.92 Å². The Labute approximate surface area is 69.8 Å². The molecule has 0 saturated carbocycles. The fraction of sp³-hybridized carbons (Fsp3) is 1.00. The zero-order chi connectivity index (χ0) is 8.32. The van der Waals surface area contributed by atoms with E-state index in [1.165, 1.54) is 12.8 Å². The van der Waals surface area contributed by atoms with Crippen molar-refractivity contribution in [1.29, 1.82) is 0 Å². The van der Waals surface area contributed by atoms with Gasteiger partial charge in [0.25, 0.3) is 0 Å². The first-order valence-electron chi connectivity index (χ1n) is 4.61. The maximum atomic E-state index is 3.55. The van der Waals surface area contributed by atoms with Gasteiger partial charge in [0.2, 0.25) is 0 Å². The summed E-state index contributed by atoms with van der Waals surface area (Å²) in [6, 6.07) is 0. The van der Waals surface area contributed by atoms with E-state index in [1.807, 2.05) is 0 Å². The summed E-state index contributed by atoms with van der Waals surface area (Å²) in [5.74, 6) is 0.724. The summed E-state index contributed by atoms with van der Waals surface area (Å²) in [6.45, 7) is 9.03. The molecule has 1 atom stereocenters. The van der Waals surface area contributed by atoms with Gasteiger partial charge in [-0.2, -0.15) is 0 Å². The van der Waals surface area contributed by atoms with Gasteiger partial charge in [0.15, 0.2) is 0 Å². The highest BCUT2D eigenvalue weighted by Gasteiger charge is 2.27. The second-order valence-electron chi connectivity index (χ2n) is 4.03. The molecule has 0 bridgehead atoms. The SMILES string of the molecule is CC(C)C1(C)CCCNCN1. The smallest absolute Gasteiger partial charge is 0.0458 e. The largest absolute Gasteiger partial charge is 0.304 e. The summed E-state index contributed by atoms with van der Waals surface area (Å²) in [6.07, 6.45) is 2.58. The lowest BCUT2D eigenvalue weighted by Crippen LogP contribution is -2.48. The fourth-order valence-electron chi connectivity index (χ4n) is 1.51. The Kier molecular flexibility index (Phi) is 2.90. The Bertz CT molecular complexity index is 113. The van der Waals surface area contributed by atoms with Gasteiger partial charge in [-0.25, -0.2) is 0 Å². The molecule has 0 aromatic rings. The molecule has 66 valence electrons. The lowest BCUT2D eigenvalue weighted by atomic mass is 9.84. The molecule has 2 heteroatoms. The van der Waals surface area contributed by atoms with E-state index in [-0.39, 0.29) is 0 Å². The molecule has 1 fully saturated rings. The molecule has 1 saturated heterocycles. The maximum absolute atomic E-state index is 3.55. The normalized spacial score (nSPS) is 33.8. The molecule has 1 aliphatic heterocycles. The van der Waals surface area contributed by atoms with Crippen molar-refractivity contribution in [2.24, 2.45) is 5.92 Å².